The normalized spacial score (nSPS) is 12.7. The number of amides is 1. The Balaban J connectivity index is 2.65. The molecule has 0 radical (unpaired) electrons. The summed E-state index contributed by atoms with van der Waals surface area (Å²) in [6.45, 7) is 0.859. The van der Waals surface area contributed by atoms with Crippen LogP contribution in [-0.4, -0.2) is 67.2 Å². The van der Waals surface area contributed by atoms with Crippen LogP contribution in [0, 0.1) is 11.5 Å². The monoisotopic (exact) mass is 391 g/mol. The van der Waals surface area contributed by atoms with Crippen molar-refractivity contribution in [3.63, 3.8) is 0 Å². The number of nitrogen functional groups attached to an aromatic ring is 2. The Morgan fingerprint density at radius 3 is 2.57 bits per heavy atom. The van der Waals surface area contributed by atoms with Gasteiger partial charge in [-0.15, -0.1) is 0 Å². The third kappa shape index (κ3) is 6.75. The van der Waals surface area contributed by atoms with Gasteiger partial charge in [0.25, 0.3) is 0 Å². The molecule has 1 aromatic carbocycles. The minimum Gasteiger partial charge on any atom is -0.480 e. The standard InChI is InChI=1S/C17H26N8O3/c1-25(2,15(26)11-3-4-12(19)14(21)9-11)8-7-23-17(24-10-18)22-6-5-13(20)16(27)28/h3-4,9,13H,5-8,20-21H2,1-2H3,(H4-,19,22,23,24,26,27,28)/p+1. The van der Waals surface area contributed by atoms with Crippen molar-refractivity contribution in [3.05, 3.63) is 23.8 Å². The number of nitrogens with one attached hydrogen (secondary N) is 2. The Morgan fingerprint density at radius 1 is 1.32 bits per heavy atom. The number of aliphatic imine (C=N–C) groups is 1. The number of carbonyl (C=O) groups excluding carboxylic acids is 1. The van der Waals surface area contributed by atoms with Crippen LogP contribution >= 0.6 is 0 Å². The molecule has 0 aliphatic carbocycles. The minimum atomic E-state index is -1.11. The lowest BCUT2D eigenvalue weighted by molar-refractivity contribution is -0.806. The number of carboxylic acid groups (broad SMARTS) is 1. The number of hydrogen-bond acceptors (Lipinski definition) is 7. The number of benzene rings is 1. The molecule has 1 unspecified atom stereocenters. The van der Waals surface area contributed by atoms with Crippen molar-refractivity contribution in [2.45, 2.75) is 12.5 Å². The SMILES string of the molecule is C[N+](C)(CCNC(=NCCC(N)C(=O)O)NC#N)C(=O)c1ccc(N)c(N)c1. The van der Waals surface area contributed by atoms with E-state index in [2.05, 4.69) is 15.6 Å². The van der Waals surface area contributed by atoms with E-state index in [1.165, 1.54) is 0 Å². The van der Waals surface area contributed by atoms with Crippen molar-refractivity contribution in [3.8, 4) is 6.19 Å². The molecular weight excluding hydrogens is 364 g/mol. The van der Waals surface area contributed by atoms with Gasteiger partial charge in [-0.3, -0.25) is 19.6 Å². The van der Waals surface area contributed by atoms with Gasteiger partial charge in [-0.2, -0.15) is 5.26 Å². The number of carbonyl (C=O) groups is 2. The summed E-state index contributed by atoms with van der Waals surface area (Å²) in [4.78, 5) is 27.5. The molecule has 0 spiro atoms. The molecule has 0 saturated heterocycles. The number of nitrogens with zero attached hydrogens (tertiary/aromatic N) is 3. The molecule has 0 fully saturated rings. The van der Waals surface area contributed by atoms with Crippen LogP contribution in [0.5, 0.6) is 0 Å². The van der Waals surface area contributed by atoms with Crippen LogP contribution < -0.4 is 27.8 Å². The second kappa shape index (κ2) is 10.1. The van der Waals surface area contributed by atoms with E-state index in [-0.39, 0.29) is 29.3 Å². The summed E-state index contributed by atoms with van der Waals surface area (Å²) < 4.78 is 0.0279. The summed E-state index contributed by atoms with van der Waals surface area (Å²) in [6.07, 6.45) is 1.88. The molecule has 1 atom stereocenters. The predicted octanol–water partition coefficient (Wildman–Crippen LogP) is -1.11. The molecule has 1 amide bonds. The summed E-state index contributed by atoms with van der Waals surface area (Å²) in [7, 11) is 3.49. The van der Waals surface area contributed by atoms with E-state index >= 15 is 0 Å². The van der Waals surface area contributed by atoms with Crippen LogP contribution in [0.25, 0.3) is 0 Å². The highest BCUT2D eigenvalue weighted by Gasteiger charge is 2.28. The average Bonchev–Trinajstić information content (AvgIpc) is 2.63. The van der Waals surface area contributed by atoms with Crippen LogP contribution in [0.3, 0.4) is 0 Å². The van der Waals surface area contributed by atoms with Crippen molar-refractivity contribution in [2.75, 3.05) is 45.2 Å². The first-order chi connectivity index (χ1) is 13.1. The number of hydrogen-bond donors (Lipinski definition) is 6. The first-order valence-corrected chi connectivity index (χ1v) is 8.53. The maximum Gasteiger partial charge on any atom is 0.345 e. The first-order valence-electron chi connectivity index (χ1n) is 8.53. The van der Waals surface area contributed by atoms with E-state index in [0.717, 1.165) is 0 Å². The van der Waals surface area contributed by atoms with Crippen molar-refractivity contribution in [1.82, 2.24) is 10.6 Å². The Hall–Kier alpha value is -3.36. The van der Waals surface area contributed by atoms with E-state index in [1.807, 2.05) is 0 Å². The third-order valence-corrected chi connectivity index (χ3v) is 4.05. The lowest BCUT2D eigenvalue weighted by atomic mass is 10.1. The fraction of sp³-hybridized carbons (Fsp3) is 0.412. The summed E-state index contributed by atoms with van der Waals surface area (Å²) >= 11 is 0. The number of carboxylic acids is 1. The van der Waals surface area contributed by atoms with Gasteiger partial charge in [0, 0.05) is 6.54 Å². The molecule has 152 valence electrons. The van der Waals surface area contributed by atoms with Crippen molar-refractivity contribution < 1.29 is 19.2 Å². The summed E-state index contributed by atoms with van der Waals surface area (Å²) in [6, 6.07) is 3.73. The topological polar surface area (TPSA) is 193 Å². The van der Waals surface area contributed by atoms with Gasteiger partial charge >= 0.3 is 11.9 Å². The van der Waals surface area contributed by atoms with Crippen LogP contribution in [-0.2, 0) is 4.79 Å². The van der Waals surface area contributed by atoms with Gasteiger partial charge in [0.15, 0.2) is 6.19 Å². The van der Waals surface area contributed by atoms with E-state index in [9.17, 15) is 9.59 Å². The molecule has 1 aromatic rings. The van der Waals surface area contributed by atoms with Gasteiger partial charge in [0.05, 0.1) is 37.6 Å². The van der Waals surface area contributed by atoms with Gasteiger partial charge < -0.3 is 27.6 Å². The molecule has 0 heterocycles. The third-order valence-electron chi connectivity index (χ3n) is 4.05. The number of nitriles is 1. The van der Waals surface area contributed by atoms with E-state index < -0.39 is 12.0 Å². The van der Waals surface area contributed by atoms with Crippen LogP contribution in [0.15, 0.2) is 23.2 Å². The molecule has 28 heavy (non-hydrogen) atoms. The van der Waals surface area contributed by atoms with Crippen LogP contribution in [0.4, 0.5) is 11.4 Å². The number of aliphatic carboxylic acids is 1. The first kappa shape index (κ1) is 22.7. The van der Waals surface area contributed by atoms with Gasteiger partial charge in [-0.05, 0) is 24.6 Å². The highest BCUT2D eigenvalue weighted by atomic mass is 16.4. The summed E-state index contributed by atoms with van der Waals surface area (Å²) in [5.74, 6) is -1.07. The zero-order valence-electron chi connectivity index (χ0n) is 16.0. The fourth-order valence-electron chi connectivity index (χ4n) is 2.24. The minimum absolute atomic E-state index is 0.0279. The highest BCUT2D eigenvalue weighted by molar-refractivity contribution is 5.91. The average molecular weight is 391 g/mol. The number of likely N-dealkylation sites (N-methyl/N-ethyl adjacent to an activating group) is 1. The molecule has 11 heteroatoms. The highest BCUT2D eigenvalue weighted by Crippen LogP contribution is 2.18. The second-order valence-electron chi connectivity index (χ2n) is 6.68. The van der Waals surface area contributed by atoms with Crippen molar-refractivity contribution >= 4 is 29.2 Å². The maximum atomic E-state index is 12.7. The molecule has 0 bridgehead atoms. The van der Waals surface area contributed by atoms with Crippen molar-refractivity contribution in [2.24, 2.45) is 10.7 Å². The molecule has 0 aromatic heterocycles. The maximum absolute atomic E-state index is 12.7. The molecule has 1 rings (SSSR count). The van der Waals surface area contributed by atoms with E-state index in [4.69, 9.17) is 27.6 Å². The Morgan fingerprint density at radius 2 is 2.00 bits per heavy atom. The van der Waals surface area contributed by atoms with Gasteiger partial charge in [-0.25, -0.2) is 4.79 Å². The zero-order chi connectivity index (χ0) is 21.3. The van der Waals surface area contributed by atoms with Crippen molar-refractivity contribution in [1.29, 1.82) is 5.26 Å². The van der Waals surface area contributed by atoms with Gasteiger partial charge in [0.1, 0.15) is 12.6 Å². The smallest absolute Gasteiger partial charge is 0.345 e. The molecular formula is C17H27N8O3+. The second-order valence-corrected chi connectivity index (χ2v) is 6.68. The number of anilines is 2. The van der Waals surface area contributed by atoms with E-state index in [1.54, 1.807) is 38.5 Å². The molecule has 9 N–H and O–H groups in total. The summed E-state index contributed by atoms with van der Waals surface area (Å²) in [5, 5.41) is 22.9. The van der Waals surface area contributed by atoms with Crippen LogP contribution in [0.1, 0.15) is 16.8 Å². The summed E-state index contributed by atoms with van der Waals surface area (Å²) in [5.41, 5.74) is 18.1. The van der Waals surface area contributed by atoms with Gasteiger partial charge in [0.2, 0.25) is 5.96 Å². The Bertz CT molecular complexity index is 785. The van der Waals surface area contributed by atoms with E-state index in [0.29, 0.717) is 30.0 Å². The Kier molecular flexibility index (Phi) is 8.18. The lowest BCUT2D eigenvalue weighted by Crippen LogP contribution is -2.50. The zero-order valence-corrected chi connectivity index (χ0v) is 16.0. The lowest BCUT2D eigenvalue weighted by Gasteiger charge is -2.27. The number of guanidine groups is 1. The molecule has 0 aliphatic rings. The number of rotatable bonds is 8. The number of quaternary nitrogens is 1. The molecule has 0 aliphatic heterocycles. The number of nitrogens with two attached hydrogens (primary N) is 3. The van der Waals surface area contributed by atoms with Crippen LogP contribution in [0.2, 0.25) is 0 Å². The predicted molar refractivity (Wildman–Crippen MR) is 106 cm³/mol. The fourth-order valence-corrected chi connectivity index (χ4v) is 2.24. The molecule has 0 saturated carbocycles. The Labute approximate surface area is 163 Å². The largest absolute Gasteiger partial charge is 0.480 e. The molecule has 11 nitrogen and oxygen atoms in total. The van der Waals surface area contributed by atoms with Gasteiger partial charge in [-0.1, -0.05) is 0 Å². The quantitative estimate of drug-likeness (QED) is 0.0795.